The predicted octanol–water partition coefficient (Wildman–Crippen LogP) is 3.80. The maximum absolute atomic E-state index is 14.6. The van der Waals surface area contributed by atoms with Gasteiger partial charge in [0.05, 0.1) is 38.0 Å². The van der Waals surface area contributed by atoms with Crippen LogP contribution in [-0.2, 0) is 29.5 Å². The first-order valence-corrected chi connectivity index (χ1v) is 19.1. The molecule has 2 aromatic carbocycles. The molecule has 3 aliphatic rings. The van der Waals surface area contributed by atoms with Crippen molar-refractivity contribution in [2.45, 2.75) is 81.8 Å². The quantitative estimate of drug-likeness (QED) is 0.189. The topological polar surface area (TPSA) is 146 Å². The van der Waals surface area contributed by atoms with Crippen LogP contribution in [-0.4, -0.2) is 85.8 Å². The van der Waals surface area contributed by atoms with Crippen LogP contribution in [0.5, 0.6) is 0 Å². The fourth-order valence-corrected chi connectivity index (χ4v) is 10.2. The number of methoxy groups -OCH3 is 1. The second kappa shape index (κ2) is 13.6. The summed E-state index contributed by atoms with van der Waals surface area (Å²) in [6, 6.07) is 13.9. The molecule has 0 aromatic heterocycles. The number of esters is 1. The molecule has 3 aliphatic heterocycles. The molecule has 248 valence electrons. The lowest BCUT2D eigenvalue weighted by atomic mass is 9.82. The highest BCUT2D eigenvalue weighted by atomic mass is 28.4. The molecule has 0 bridgehead atoms. The first kappa shape index (κ1) is 33.8. The molecule has 3 heterocycles. The zero-order valence-electron chi connectivity index (χ0n) is 27.0. The summed E-state index contributed by atoms with van der Waals surface area (Å²) in [5, 5.41) is 12.8. The van der Waals surface area contributed by atoms with Gasteiger partial charge in [0.25, 0.3) is 11.8 Å². The van der Waals surface area contributed by atoms with E-state index in [0.717, 1.165) is 12.8 Å². The molecule has 3 amide bonds. The SMILES string of the molecule is COC(=O)CCCCN1C(=O)[C@@]2(O[C@@H](CC(=O)N3CCC[C@H]3CO)[C@H]([Si](C)(C)O)[C@H]2C)c2cc(NC(=O)c3ccccc3)ccc21. The highest BCUT2D eigenvalue weighted by Gasteiger charge is 2.66. The second-order valence-corrected chi connectivity index (χ2v) is 17.1. The van der Waals surface area contributed by atoms with Crippen LogP contribution in [0.1, 0.15) is 61.4 Å². The molecule has 0 unspecified atom stereocenters. The number of fused-ring (bicyclic) bond motifs is 2. The van der Waals surface area contributed by atoms with Gasteiger partial charge in [0, 0.05) is 47.8 Å². The van der Waals surface area contributed by atoms with Crippen molar-refractivity contribution in [1.82, 2.24) is 4.90 Å². The Hall–Kier alpha value is -3.58. The molecule has 0 saturated carbocycles. The summed E-state index contributed by atoms with van der Waals surface area (Å²) < 4.78 is 11.6. The average Bonchev–Trinajstić information content (AvgIpc) is 3.69. The average molecular weight is 652 g/mol. The number of nitrogens with one attached hydrogen (secondary N) is 1. The molecule has 11 nitrogen and oxygen atoms in total. The molecule has 0 radical (unpaired) electrons. The zero-order chi connectivity index (χ0) is 33.2. The molecule has 3 N–H and O–H groups in total. The molecule has 2 aromatic rings. The molecular formula is C34H45N3O8Si. The van der Waals surface area contributed by atoms with E-state index < -0.39 is 31.5 Å². The molecule has 2 fully saturated rings. The molecule has 2 saturated heterocycles. The number of unbranched alkanes of at least 4 members (excludes halogenated alkanes) is 1. The highest BCUT2D eigenvalue weighted by molar-refractivity contribution is 6.71. The predicted molar refractivity (Wildman–Crippen MR) is 175 cm³/mol. The lowest BCUT2D eigenvalue weighted by Gasteiger charge is -2.33. The number of amides is 3. The molecule has 12 heteroatoms. The van der Waals surface area contributed by atoms with Crippen molar-refractivity contribution in [3.63, 3.8) is 0 Å². The van der Waals surface area contributed by atoms with Crippen molar-refractivity contribution in [1.29, 1.82) is 0 Å². The Balaban J connectivity index is 1.51. The van der Waals surface area contributed by atoms with Gasteiger partial charge < -0.3 is 34.5 Å². The number of rotatable bonds is 11. The van der Waals surface area contributed by atoms with E-state index in [1.165, 1.54) is 7.11 Å². The van der Waals surface area contributed by atoms with Crippen LogP contribution in [0.4, 0.5) is 11.4 Å². The number of hydrogen-bond donors (Lipinski definition) is 3. The lowest BCUT2D eigenvalue weighted by Crippen LogP contribution is -2.46. The Kier molecular flexibility index (Phi) is 10.0. The number of anilines is 2. The molecular weight excluding hydrogens is 606 g/mol. The Morgan fingerprint density at radius 1 is 1.13 bits per heavy atom. The second-order valence-electron chi connectivity index (χ2n) is 13.2. The van der Waals surface area contributed by atoms with E-state index in [0.29, 0.717) is 48.4 Å². The fourth-order valence-electron chi connectivity index (χ4n) is 7.65. The number of aliphatic hydroxyl groups excluding tert-OH is 1. The third kappa shape index (κ3) is 6.35. The minimum Gasteiger partial charge on any atom is -0.469 e. The largest absolute Gasteiger partial charge is 0.469 e. The Labute approximate surface area is 271 Å². The Morgan fingerprint density at radius 2 is 1.87 bits per heavy atom. The number of likely N-dealkylation sites (tertiary alicyclic amines) is 1. The summed E-state index contributed by atoms with van der Waals surface area (Å²) in [6.45, 7) is 6.29. The van der Waals surface area contributed by atoms with Gasteiger partial charge in [-0.1, -0.05) is 25.1 Å². The summed E-state index contributed by atoms with van der Waals surface area (Å²) in [5.41, 5.74) is 0.246. The van der Waals surface area contributed by atoms with Crippen LogP contribution < -0.4 is 10.2 Å². The Bertz CT molecular complexity index is 1460. The molecule has 5 rings (SSSR count). The van der Waals surface area contributed by atoms with Crippen LogP contribution in [0, 0.1) is 5.92 Å². The first-order chi connectivity index (χ1) is 21.9. The van der Waals surface area contributed by atoms with Crippen LogP contribution in [0.3, 0.4) is 0 Å². The molecule has 5 atom stereocenters. The summed E-state index contributed by atoms with van der Waals surface area (Å²) in [7, 11) is -1.67. The van der Waals surface area contributed by atoms with Gasteiger partial charge in [-0.05, 0) is 69.1 Å². The van der Waals surface area contributed by atoms with Gasteiger partial charge in [-0.15, -0.1) is 0 Å². The maximum atomic E-state index is 14.6. The number of carbonyl (C=O) groups excluding carboxylic acids is 4. The number of benzene rings is 2. The standard InChI is InChI=1S/C34H45N3O8Si/c1-22-31(46(3,4)43)28(20-29(39)36-18-10-13-25(36)21-38)45-34(22)26-19-24(35-32(41)23-11-6-5-7-12-23)15-16-27(26)37(33(34)42)17-9-8-14-30(40)44-2/h5-7,11-12,15-16,19,22,25,28,31,38,43H,8-10,13-14,17-18,20-21H2,1-4H3,(H,35,41)/t22-,25+,28+,31-,34+/m1/s1. The highest BCUT2D eigenvalue weighted by Crippen LogP contribution is 2.60. The molecule has 1 spiro atoms. The lowest BCUT2D eigenvalue weighted by molar-refractivity contribution is -0.150. The van der Waals surface area contributed by atoms with Crippen LogP contribution in [0.25, 0.3) is 0 Å². The molecule has 0 aliphatic carbocycles. The smallest absolute Gasteiger partial charge is 0.305 e. The van der Waals surface area contributed by atoms with Gasteiger partial charge in [-0.3, -0.25) is 19.2 Å². The van der Waals surface area contributed by atoms with Gasteiger partial charge in [0.15, 0.2) is 13.9 Å². The Morgan fingerprint density at radius 3 is 2.54 bits per heavy atom. The van der Waals surface area contributed by atoms with E-state index in [4.69, 9.17) is 9.47 Å². The summed E-state index contributed by atoms with van der Waals surface area (Å²) >= 11 is 0. The number of carbonyl (C=O) groups is 4. The van der Waals surface area contributed by atoms with Gasteiger partial charge >= 0.3 is 5.97 Å². The normalized spacial score (nSPS) is 25.7. The van der Waals surface area contributed by atoms with Crippen LogP contribution >= 0.6 is 0 Å². The monoisotopic (exact) mass is 651 g/mol. The van der Waals surface area contributed by atoms with Crippen LogP contribution in [0.15, 0.2) is 48.5 Å². The van der Waals surface area contributed by atoms with Gasteiger partial charge in [-0.2, -0.15) is 0 Å². The van der Waals surface area contributed by atoms with Crippen molar-refractivity contribution >= 4 is 43.4 Å². The van der Waals surface area contributed by atoms with Gasteiger partial charge in [0.2, 0.25) is 5.91 Å². The zero-order valence-corrected chi connectivity index (χ0v) is 28.0. The van der Waals surface area contributed by atoms with Gasteiger partial charge in [-0.25, -0.2) is 0 Å². The van der Waals surface area contributed by atoms with Crippen molar-refractivity contribution < 1.29 is 38.6 Å². The van der Waals surface area contributed by atoms with Crippen LogP contribution in [0.2, 0.25) is 18.6 Å². The van der Waals surface area contributed by atoms with Crippen molar-refractivity contribution in [3.05, 3.63) is 59.7 Å². The van der Waals surface area contributed by atoms with Crippen molar-refractivity contribution in [2.75, 3.05) is 37.0 Å². The van der Waals surface area contributed by atoms with E-state index in [2.05, 4.69) is 5.32 Å². The summed E-state index contributed by atoms with van der Waals surface area (Å²) in [5.74, 6) is -1.55. The number of nitrogens with zero attached hydrogens (tertiary/aromatic N) is 2. The minimum absolute atomic E-state index is 0.0174. The molecule has 46 heavy (non-hydrogen) atoms. The summed E-state index contributed by atoms with van der Waals surface area (Å²) in [4.78, 5) is 67.9. The first-order valence-electron chi connectivity index (χ1n) is 16.1. The number of hydrogen-bond acceptors (Lipinski definition) is 8. The summed E-state index contributed by atoms with van der Waals surface area (Å²) in [6.07, 6.45) is 2.09. The minimum atomic E-state index is -3.02. The van der Waals surface area contributed by atoms with E-state index in [9.17, 15) is 29.1 Å². The van der Waals surface area contributed by atoms with Gasteiger partial charge in [0.1, 0.15) is 0 Å². The fraction of sp³-hybridized carbons (Fsp3) is 0.529. The van der Waals surface area contributed by atoms with E-state index >= 15 is 0 Å². The number of aliphatic hydroxyl groups is 1. The number of ether oxygens (including phenoxy) is 2. The van der Waals surface area contributed by atoms with Crippen molar-refractivity contribution in [2.24, 2.45) is 5.92 Å². The van der Waals surface area contributed by atoms with Crippen molar-refractivity contribution in [3.8, 4) is 0 Å². The van der Waals surface area contributed by atoms with E-state index in [1.54, 1.807) is 52.3 Å². The maximum Gasteiger partial charge on any atom is 0.305 e. The third-order valence-electron chi connectivity index (χ3n) is 9.80. The van der Waals surface area contributed by atoms with E-state index in [-0.39, 0.29) is 49.2 Å². The third-order valence-corrected chi connectivity index (χ3v) is 12.3. The van der Waals surface area contributed by atoms with E-state index in [1.807, 2.05) is 26.1 Å².